The van der Waals surface area contributed by atoms with E-state index in [2.05, 4.69) is 5.32 Å². The van der Waals surface area contributed by atoms with Gasteiger partial charge in [-0.2, -0.15) is 0 Å². The number of benzene rings is 1. The van der Waals surface area contributed by atoms with Gasteiger partial charge in [-0.3, -0.25) is 0 Å². The molecule has 0 bridgehead atoms. The van der Waals surface area contributed by atoms with Crippen LogP contribution in [0.3, 0.4) is 0 Å². The summed E-state index contributed by atoms with van der Waals surface area (Å²) in [6.45, 7) is 3.38. The molecule has 1 aromatic carbocycles. The third kappa shape index (κ3) is 5.09. The minimum atomic E-state index is 0.141. The molecule has 1 fully saturated rings. The van der Waals surface area contributed by atoms with Crippen LogP contribution < -0.4 is 14.8 Å². The third-order valence-electron chi connectivity index (χ3n) is 3.12. The highest BCUT2D eigenvalue weighted by molar-refractivity contribution is 5.32. The molecule has 19 heavy (non-hydrogen) atoms. The molecule has 0 saturated heterocycles. The summed E-state index contributed by atoms with van der Waals surface area (Å²) in [5, 5.41) is 12.7. The molecule has 106 valence electrons. The number of hydrogen-bond acceptors (Lipinski definition) is 4. The molecule has 4 heteroatoms. The summed E-state index contributed by atoms with van der Waals surface area (Å²) < 4.78 is 11.1. The average Bonchev–Trinajstić information content (AvgIpc) is 3.22. The van der Waals surface area contributed by atoms with Crippen molar-refractivity contribution in [2.45, 2.75) is 38.3 Å². The highest BCUT2D eigenvalue weighted by Gasteiger charge is 2.23. The van der Waals surface area contributed by atoms with Crippen LogP contribution in [0.15, 0.2) is 24.3 Å². The Bertz CT molecular complexity index is 379. The van der Waals surface area contributed by atoms with E-state index in [0.717, 1.165) is 17.9 Å². The first-order valence-corrected chi connectivity index (χ1v) is 7.04. The molecule has 4 nitrogen and oxygen atoms in total. The van der Waals surface area contributed by atoms with Crippen molar-refractivity contribution >= 4 is 0 Å². The van der Waals surface area contributed by atoms with Crippen molar-refractivity contribution in [1.29, 1.82) is 0 Å². The Hall–Kier alpha value is -1.26. The first-order valence-electron chi connectivity index (χ1n) is 7.04. The molecule has 1 saturated carbocycles. The van der Waals surface area contributed by atoms with E-state index in [1.165, 1.54) is 12.8 Å². The first kappa shape index (κ1) is 14.2. The molecule has 0 heterocycles. The quantitative estimate of drug-likeness (QED) is 0.716. The molecule has 0 radical (unpaired) electrons. The lowest BCUT2D eigenvalue weighted by molar-refractivity contribution is 0.207. The summed E-state index contributed by atoms with van der Waals surface area (Å²) in [4.78, 5) is 0. The predicted octanol–water partition coefficient (Wildman–Crippen LogP) is 1.97. The van der Waals surface area contributed by atoms with E-state index in [-0.39, 0.29) is 12.6 Å². The summed E-state index contributed by atoms with van der Waals surface area (Å²) in [7, 11) is 0. The van der Waals surface area contributed by atoms with Gasteiger partial charge in [0.05, 0.1) is 19.8 Å². The van der Waals surface area contributed by atoms with E-state index >= 15 is 0 Å². The van der Waals surface area contributed by atoms with Crippen LogP contribution in [0.1, 0.15) is 26.2 Å². The van der Waals surface area contributed by atoms with Gasteiger partial charge in [-0.15, -0.1) is 0 Å². The zero-order chi connectivity index (χ0) is 13.5. The Labute approximate surface area is 114 Å². The monoisotopic (exact) mass is 265 g/mol. The largest absolute Gasteiger partial charge is 0.494 e. The SMILES string of the molecule is CCOc1cccc(OCCC(CO)NC2CC2)c1. The molecule has 0 amide bonds. The van der Waals surface area contributed by atoms with Crippen LogP contribution in [0.25, 0.3) is 0 Å². The van der Waals surface area contributed by atoms with Crippen LogP contribution in [0.4, 0.5) is 0 Å². The zero-order valence-electron chi connectivity index (χ0n) is 11.5. The number of hydrogen-bond donors (Lipinski definition) is 2. The van der Waals surface area contributed by atoms with E-state index in [1.807, 2.05) is 31.2 Å². The Kier molecular flexibility index (Phi) is 5.48. The zero-order valence-corrected chi connectivity index (χ0v) is 11.5. The van der Waals surface area contributed by atoms with Crippen LogP contribution in [0.2, 0.25) is 0 Å². The molecule has 1 atom stereocenters. The van der Waals surface area contributed by atoms with Gasteiger partial charge < -0.3 is 19.9 Å². The number of aliphatic hydroxyl groups excluding tert-OH is 1. The predicted molar refractivity (Wildman–Crippen MR) is 74.8 cm³/mol. The summed E-state index contributed by atoms with van der Waals surface area (Å²) in [6, 6.07) is 8.41. The van der Waals surface area contributed by atoms with Crippen molar-refractivity contribution in [3.8, 4) is 11.5 Å². The van der Waals surface area contributed by atoms with Crippen LogP contribution in [-0.2, 0) is 0 Å². The summed E-state index contributed by atoms with van der Waals surface area (Å²) in [5.74, 6) is 1.64. The molecule has 2 rings (SSSR count). The van der Waals surface area contributed by atoms with Crippen molar-refractivity contribution in [3.05, 3.63) is 24.3 Å². The second-order valence-electron chi connectivity index (χ2n) is 4.87. The maximum Gasteiger partial charge on any atom is 0.122 e. The van der Waals surface area contributed by atoms with Gasteiger partial charge in [-0.1, -0.05) is 6.07 Å². The Morgan fingerprint density at radius 3 is 2.68 bits per heavy atom. The van der Waals surface area contributed by atoms with E-state index in [1.54, 1.807) is 0 Å². The number of ether oxygens (including phenoxy) is 2. The Morgan fingerprint density at radius 2 is 2.05 bits per heavy atom. The van der Waals surface area contributed by atoms with Crippen molar-refractivity contribution in [2.24, 2.45) is 0 Å². The molecule has 1 aromatic rings. The van der Waals surface area contributed by atoms with Crippen LogP contribution >= 0.6 is 0 Å². The molecular formula is C15H23NO3. The fraction of sp³-hybridized carbons (Fsp3) is 0.600. The van der Waals surface area contributed by atoms with Gasteiger partial charge >= 0.3 is 0 Å². The summed E-state index contributed by atoms with van der Waals surface area (Å²) in [6.07, 6.45) is 3.27. The molecule has 0 spiro atoms. The van der Waals surface area contributed by atoms with E-state index in [0.29, 0.717) is 19.3 Å². The van der Waals surface area contributed by atoms with Crippen molar-refractivity contribution in [3.63, 3.8) is 0 Å². The maximum atomic E-state index is 9.28. The Morgan fingerprint density at radius 1 is 1.32 bits per heavy atom. The smallest absolute Gasteiger partial charge is 0.122 e. The Balaban J connectivity index is 1.72. The van der Waals surface area contributed by atoms with E-state index < -0.39 is 0 Å². The first-order chi connectivity index (χ1) is 9.31. The van der Waals surface area contributed by atoms with Gasteiger partial charge in [0.1, 0.15) is 11.5 Å². The lowest BCUT2D eigenvalue weighted by Crippen LogP contribution is -2.35. The summed E-state index contributed by atoms with van der Waals surface area (Å²) in [5.41, 5.74) is 0. The molecule has 2 N–H and O–H groups in total. The third-order valence-corrected chi connectivity index (χ3v) is 3.12. The van der Waals surface area contributed by atoms with Crippen molar-refractivity contribution in [1.82, 2.24) is 5.32 Å². The highest BCUT2D eigenvalue weighted by Crippen LogP contribution is 2.21. The lowest BCUT2D eigenvalue weighted by atomic mass is 10.2. The molecule has 1 aliphatic carbocycles. The number of aliphatic hydroxyl groups is 1. The number of rotatable bonds is 9. The van der Waals surface area contributed by atoms with Gasteiger partial charge in [0, 0.05) is 18.2 Å². The molecule has 1 unspecified atom stereocenters. The summed E-state index contributed by atoms with van der Waals surface area (Å²) >= 11 is 0. The van der Waals surface area contributed by atoms with Crippen molar-refractivity contribution in [2.75, 3.05) is 19.8 Å². The van der Waals surface area contributed by atoms with Crippen LogP contribution in [0, 0.1) is 0 Å². The average molecular weight is 265 g/mol. The fourth-order valence-corrected chi connectivity index (χ4v) is 1.95. The van der Waals surface area contributed by atoms with Gasteiger partial charge in [0.25, 0.3) is 0 Å². The van der Waals surface area contributed by atoms with Crippen LogP contribution in [-0.4, -0.2) is 37.0 Å². The van der Waals surface area contributed by atoms with Gasteiger partial charge in [-0.05, 0) is 38.3 Å². The van der Waals surface area contributed by atoms with Crippen LogP contribution in [0.5, 0.6) is 11.5 Å². The lowest BCUT2D eigenvalue weighted by Gasteiger charge is -2.16. The second kappa shape index (κ2) is 7.36. The van der Waals surface area contributed by atoms with Gasteiger partial charge in [0.2, 0.25) is 0 Å². The fourth-order valence-electron chi connectivity index (χ4n) is 1.95. The standard InChI is InChI=1S/C15H23NO3/c1-2-18-14-4-3-5-15(10-14)19-9-8-13(11-17)16-12-6-7-12/h3-5,10,12-13,16-17H,2,6-9,11H2,1H3. The second-order valence-corrected chi connectivity index (χ2v) is 4.87. The molecular weight excluding hydrogens is 242 g/mol. The highest BCUT2D eigenvalue weighted by atomic mass is 16.5. The minimum absolute atomic E-state index is 0.141. The normalized spacial score (nSPS) is 16.1. The maximum absolute atomic E-state index is 9.28. The molecule has 0 aliphatic heterocycles. The van der Waals surface area contributed by atoms with Gasteiger partial charge in [0.15, 0.2) is 0 Å². The minimum Gasteiger partial charge on any atom is -0.494 e. The van der Waals surface area contributed by atoms with Gasteiger partial charge in [-0.25, -0.2) is 0 Å². The van der Waals surface area contributed by atoms with E-state index in [9.17, 15) is 5.11 Å². The molecule has 1 aliphatic rings. The van der Waals surface area contributed by atoms with Crippen molar-refractivity contribution < 1.29 is 14.6 Å². The van der Waals surface area contributed by atoms with E-state index in [4.69, 9.17) is 9.47 Å². The molecule has 0 aromatic heterocycles. The topological polar surface area (TPSA) is 50.7 Å². The number of nitrogens with one attached hydrogen (secondary N) is 1.